The highest BCUT2D eigenvalue weighted by Crippen LogP contribution is 2.26. The summed E-state index contributed by atoms with van der Waals surface area (Å²) in [5.41, 5.74) is 2.09. The lowest BCUT2D eigenvalue weighted by Crippen LogP contribution is -2.56. The van der Waals surface area contributed by atoms with Gasteiger partial charge in [-0.2, -0.15) is 0 Å². The maximum atomic E-state index is 12.9. The van der Waals surface area contributed by atoms with E-state index >= 15 is 0 Å². The number of benzene rings is 3. The Morgan fingerprint density at radius 1 is 0.737 bits per heavy atom. The van der Waals surface area contributed by atoms with E-state index in [1.807, 2.05) is 48.5 Å². The van der Waals surface area contributed by atoms with Crippen molar-refractivity contribution in [3.63, 3.8) is 0 Å². The Morgan fingerprint density at radius 2 is 1.21 bits per heavy atom. The molecule has 1 saturated heterocycles. The monoisotopic (exact) mass is 524 g/mol. The highest BCUT2D eigenvalue weighted by Gasteiger charge is 2.44. The van der Waals surface area contributed by atoms with Gasteiger partial charge in [-0.05, 0) is 59.7 Å². The molecule has 1 unspecified atom stereocenters. The van der Waals surface area contributed by atoms with E-state index < -0.39 is 30.6 Å². The summed E-state index contributed by atoms with van der Waals surface area (Å²) in [5, 5.41) is 10.7. The molecule has 1 fully saturated rings. The normalized spacial score (nSPS) is 20.9. The van der Waals surface area contributed by atoms with Crippen LogP contribution in [0.15, 0.2) is 72.8 Å². The predicted molar refractivity (Wildman–Crippen MR) is 137 cm³/mol. The molecular weight excluding hydrogens is 492 g/mol. The molecule has 0 bridgehead atoms. The third-order valence-corrected chi connectivity index (χ3v) is 6.20. The van der Waals surface area contributed by atoms with Crippen LogP contribution in [0.4, 0.5) is 0 Å². The first kappa shape index (κ1) is 27.4. The molecule has 1 heterocycles. The predicted octanol–water partition coefficient (Wildman–Crippen LogP) is 3.76. The molecule has 38 heavy (non-hydrogen) atoms. The zero-order valence-electron chi connectivity index (χ0n) is 21.6. The lowest BCUT2D eigenvalue weighted by Gasteiger charge is -2.39. The van der Waals surface area contributed by atoms with E-state index in [2.05, 4.69) is 0 Å². The molecule has 0 spiro atoms. The highest BCUT2D eigenvalue weighted by atomic mass is 16.7. The summed E-state index contributed by atoms with van der Waals surface area (Å²) in [6.07, 6.45) is -3.94. The van der Waals surface area contributed by atoms with Gasteiger partial charge in [0.2, 0.25) is 0 Å². The van der Waals surface area contributed by atoms with Gasteiger partial charge >= 0.3 is 5.97 Å². The molecule has 0 amide bonds. The number of aliphatic hydroxyl groups excluding tert-OH is 1. The van der Waals surface area contributed by atoms with Crippen molar-refractivity contribution in [3.8, 4) is 17.2 Å². The second kappa shape index (κ2) is 13.3. The first-order valence-electron chi connectivity index (χ1n) is 12.1. The molecule has 9 nitrogen and oxygen atoms in total. The fourth-order valence-corrected chi connectivity index (χ4v) is 3.99. The third kappa shape index (κ3) is 7.02. The van der Waals surface area contributed by atoms with E-state index in [0.29, 0.717) is 11.3 Å². The Hall–Kier alpha value is -3.63. The van der Waals surface area contributed by atoms with E-state index in [1.165, 1.54) is 0 Å². The van der Waals surface area contributed by atoms with Crippen molar-refractivity contribution in [2.75, 3.05) is 27.9 Å². The average Bonchev–Trinajstić information content (AvgIpc) is 2.97. The molecule has 0 saturated carbocycles. The molecule has 3 aromatic carbocycles. The van der Waals surface area contributed by atoms with Gasteiger partial charge in [0.1, 0.15) is 29.5 Å². The number of methoxy groups -OCH3 is 3. The molecule has 0 radical (unpaired) electrons. The summed E-state index contributed by atoms with van der Waals surface area (Å²) in [5.74, 6) is 1.44. The van der Waals surface area contributed by atoms with Crippen LogP contribution >= 0.6 is 0 Å². The van der Waals surface area contributed by atoms with Crippen molar-refractivity contribution in [1.29, 1.82) is 0 Å². The average molecular weight is 525 g/mol. The fraction of sp³-hybridized carbons (Fsp3) is 0.345. The zero-order chi connectivity index (χ0) is 26.9. The van der Waals surface area contributed by atoms with Gasteiger partial charge < -0.3 is 38.3 Å². The molecule has 3 aromatic rings. The maximum absolute atomic E-state index is 12.9. The molecule has 4 atom stereocenters. The molecule has 0 aliphatic carbocycles. The van der Waals surface area contributed by atoms with Crippen LogP contribution in [0.1, 0.15) is 21.5 Å². The smallest absolute Gasteiger partial charge is 0.338 e. The Labute approximate surface area is 221 Å². The van der Waals surface area contributed by atoms with Crippen LogP contribution in [0.5, 0.6) is 17.2 Å². The van der Waals surface area contributed by atoms with Gasteiger partial charge in [-0.25, -0.2) is 4.79 Å². The molecule has 202 valence electrons. The van der Waals surface area contributed by atoms with E-state index in [0.717, 1.165) is 22.6 Å². The van der Waals surface area contributed by atoms with E-state index in [-0.39, 0.29) is 19.8 Å². The van der Waals surface area contributed by atoms with Crippen LogP contribution in [0.25, 0.3) is 0 Å². The Morgan fingerprint density at radius 3 is 1.71 bits per heavy atom. The largest absolute Gasteiger partial charge is 0.497 e. The second-order valence-electron chi connectivity index (χ2n) is 8.64. The van der Waals surface area contributed by atoms with Crippen LogP contribution in [-0.2, 0) is 32.2 Å². The summed E-state index contributed by atoms with van der Waals surface area (Å²) in [7, 11) is 4.75. The van der Waals surface area contributed by atoms with Crippen LogP contribution in [0, 0.1) is 0 Å². The summed E-state index contributed by atoms with van der Waals surface area (Å²) in [6, 6.07) is 21.4. The summed E-state index contributed by atoms with van der Waals surface area (Å²) < 4.78 is 39.2. The molecule has 0 aromatic heterocycles. The molecule has 1 aliphatic heterocycles. The number of carbonyl (C=O) groups is 1. The van der Waals surface area contributed by atoms with Crippen LogP contribution in [0.3, 0.4) is 0 Å². The van der Waals surface area contributed by atoms with E-state index in [4.69, 9.17) is 33.2 Å². The lowest BCUT2D eigenvalue weighted by molar-refractivity contribution is -0.272. The quantitative estimate of drug-likeness (QED) is 0.376. The van der Waals surface area contributed by atoms with Gasteiger partial charge in [-0.3, -0.25) is 0 Å². The summed E-state index contributed by atoms with van der Waals surface area (Å²) in [6.45, 7) is 0.511. The van der Waals surface area contributed by atoms with Crippen LogP contribution in [0.2, 0.25) is 0 Å². The molecular formula is C29H32O9. The minimum atomic E-state index is -1.39. The minimum absolute atomic E-state index is 0.0567. The first-order valence-corrected chi connectivity index (χ1v) is 12.1. The number of hydrogen-bond donors (Lipinski definition) is 1. The van der Waals surface area contributed by atoms with Gasteiger partial charge in [0.05, 0.1) is 46.7 Å². The highest BCUT2D eigenvalue weighted by molar-refractivity contribution is 5.89. The summed E-state index contributed by atoms with van der Waals surface area (Å²) >= 11 is 0. The number of hydrogen-bond acceptors (Lipinski definition) is 9. The number of ether oxygens (including phenoxy) is 7. The van der Waals surface area contributed by atoms with Crippen molar-refractivity contribution in [1.82, 2.24) is 0 Å². The van der Waals surface area contributed by atoms with Crippen LogP contribution < -0.4 is 14.2 Å². The van der Waals surface area contributed by atoms with Gasteiger partial charge in [0.15, 0.2) is 12.4 Å². The molecule has 1 N–H and O–H groups in total. The molecule has 1 aliphatic rings. The molecule has 4 rings (SSSR count). The van der Waals surface area contributed by atoms with Gasteiger partial charge in [-0.1, -0.05) is 24.3 Å². The topological polar surface area (TPSA) is 102 Å². The zero-order valence-corrected chi connectivity index (χ0v) is 21.6. The maximum Gasteiger partial charge on any atom is 0.338 e. The van der Waals surface area contributed by atoms with Crippen molar-refractivity contribution in [2.45, 2.75) is 37.8 Å². The standard InChI is InChI=1S/C29H32O9/c1-32-22-10-4-19(5-11-22)16-35-25-18-37-29(31)27(38-28(30)21-8-14-24(34-3)15-9-21)26(25)36-17-20-6-12-23(33-2)13-7-20/h4-15,25-27,29,31H,16-18H2,1-3H3/t25-,26+,27-,29?/m1/s1. The van der Waals surface area contributed by atoms with Gasteiger partial charge in [0, 0.05) is 0 Å². The first-order chi connectivity index (χ1) is 18.5. The number of carbonyl (C=O) groups excluding carboxylic acids is 1. The number of aliphatic hydroxyl groups is 1. The Balaban J connectivity index is 1.50. The number of rotatable bonds is 11. The third-order valence-electron chi connectivity index (χ3n) is 6.20. The minimum Gasteiger partial charge on any atom is -0.497 e. The molecule has 9 heteroatoms. The van der Waals surface area contributed by atoms with E-state index in [9.17, 15) is 9.90 Å². The fourth-order valence-electron chi connectivity index (χ4n) is 3.99. The van der Waals surface area contributed by atoms with Gasteiger partial charge in [-0.15, -0.1) is 0 Å². The van der Waals surface area contributed by atoms with Crippen molar-refractivity contribution in [3.05, 3.63) is 89.5 Å². The number of esters is 1. The van der Waals surface area contributed by atoms with Crippen molar-refractivity contribution in [2.24, 2.45) is 0 Å². The summed E-state index contributed by atoms with van der Waals surface area (Å²) in [4.78, 5) is 12.9. The Kier molecular flexibility index (Phi) is 9.56. The van der Waals surface area contributed by atoms with Crippen molar-refractivity contribution >= 4 is 5.97 Å². The SMILES string of the molecule is COc1ccc(CO[C@H]2[C@H](OCc3ccc(OC)cc3)COC(O)[C@@H]2OC(=O)c2ccc(OC)cc2)cc1. The second-order valence-corrected chi connectivity index (χ2v) is 8.64. The van der Waals surface area contributed by atoms with Crippen molar-refractivity contribution < 1.29 is 43.1 Å². The van der Waals surface area contributed by atoms with Gasteiger partial charge in [0.25, 0.3) is 0 Å². The lowest BCUT2D eigenvalue weighted by atomic mass is 10.0. The van der Waals surface area contributed by atoms with Crippen LogP contribution in [-0.4, -0.2) is 63.6 Å². The van der Waals surface area contributed by atoms with E-state index in [1.54, 1.807) is 45.6 Å². The Bertz CT molecular complexity index is 1150.